The summed E-state index contributed by atoms with van der Waals surface area (Å²) >= 11 is 5.71. The zero-order valence-corrected chi connectivity index (χ0v) is 9.35. The number of esters is 1. The van der Waals surface area contributed by atoms with Crippen molar-refractivity contribution in [2.75, 3.05) is 6.61 Å². The number of alkyl halides is 1. The van der Waals surface area contributed by atoms with Crippen LogP contribution in [0.5, 0.6) is 0 Å². The monoisotopic (exact) mass is 239 g/mol. The lowest BCUT2D eigenvalue weighted by Crippen LogP contribution is -2.06. The molecule has 0 amide bonds. The van der Waals surface area contributed by atoms with E-state index >= 15 is 0 Å². The number of hydrogen-bond acceptors (Lipinski definition) is 4. The fourth-order valence-electron chi connectivity index (χ4n) is 0.739. The molecule has 80 valence electrons. The molecule has 1 rings (SSSR count). The summed E-state index contributed by atoms with van der Waals surface area (Å²) in [5.41, 5.74) is 0. The van der Waals surface area contributed by atoms with Crippen LogP contribution in [0.2, 0.25) is 0 Å². The van der Waals surface area contributed by atoms with Crippen molar-refractivity contribution < 1.29 is 9.53 Å². The van der Waals surface area contributed by atoms with Crippen LogP contribution < -0.4 is 0 Å². The maximum Gasteiger partial charge on any atom is 0.378 e. The zero-order chi connectivity index (χ0) is 9.84. The van der Waals surface area contributed by atoms with Crippen LogP contribution in [-0.2, 0) is 4.74 Å². The fraction of sp³-hybridized carbons (Fsp3) is 0.571. The van der Waals surface area contributed by atoms with E-state index in [1.54, 1.807) is 13.8 Å². The van der Waals surface area contributed by atoms with Gasteiger partial charge in [-0.1, -0.05) is 0 Å². The Hall–Kier alpha value is -0.810. The molecule has 1 unspecified atom stereocenters. The average molecular weight is 240 g/mol. The molecule has 1 heterocycles. The lowest BCUT2D eigenvalue weighted by atomic mass is 10.4. The minimum Gasteiger partial charge on any atom is -0.460 e. The van der Waals surface area contributed by atoms with Gasteiger partial charge in [0.15, 0.2) is 0 Å². The Morgan fingerprint density at radius 2 is 2.36 bits per heavy atom. The van der Waals surface area contributed by atoms with E-state index in [0.717, 1.165) is 0 Å². The van der Waals surface area contributed by atoms with Crippen LogP contribution >= 0.6 is 24.0 Å². The second-order valence-electron chi connectivity index (χ2n) is 2.38. The highest BCUT2D eigenvalue weighted by Crippen LogP contribution is 2.13. The molecule has 0 aliphatic rings. The molecule has 0 aliphatic heterocycles. The van der Waals surface area contributed by atoms with Gasteiger partial charge in [0.2, 0.25) is 0 Å². The van der Waals surface area contributed by atoms with Gasteiger partial charge in [-0.25, -0.2) is 9.78 Å². The highest BCUT2D eigenvalue weighted by atomic mass is 35.5. The summed E-state index contributed by atoms with van der Waals surface area (Å²) in [6, 6.07) is 0. The van der Waals surface area contributed by atoms with E-state index in [2.05, 4.69) is 15.2 Å². The Kier molecular flexibility index (Phi) is 5.49. The number of carbonyl (C=O) groups is 1. The molecule has 0 aromatic carbocycles. The largest absolute Gasteiger partial charge is 0.460 e. The first-order valence-electron chi connectivity index (χ1n) is 3.88. The fourth-order valence-corrected chi connectivity index (χ4v) is 0.837. The second-order valence-corrected chi connectivity index (χ2v) is 3.04. The van der Waals surface area contributed by atoms with Crippen molar-refractivity contribution in [1.29, 1.82) is 0 Å². The molecule has 7 heteroatoms. The SMILES string of the molecule is CCOC(=O)c1n[nH]c(C(C)Cl)n1.Cl. The number of aromatic amines is 1. The number of carbonyl (C=O) groups excluding carboxylic acids is 1. The highest BCUT2D eigenvalue weighted by molar-refractivity contribution is 6.20. The summed E-state index contributed by atoms with van der Waals surface area (Å²) in [6.45, 7) is 3.76. The van der Waals surface area contributed by atoms with Crippen molar-refractivity contribution in [3.05, 3.63) is 11.6 Å². The molecule has 1 aromatic heterocycles. The Bertz CT molecular complexity index is 301. The topological polar surface area (TPSA) is 67.9 Å². The van der Waals surface area contributed by atoms with Crippen LogP contribution in [0.1, 0.15) is 35.7 Å². The summed E-state index contributed by atoms with van der Waals surface area (Å²) in [5.74, 6) is -0.0589. The first-order valence-corrected chi connectivity index (χ1v) is 4.32. The van der Waals surface area contributed by atoms with E-state index in [0.29, 0.717) is 12.4 Å². The molecule has 0 aliphatic carbocycles. The number of aromatic nitrogens is 3. The molecule has 0 saturated heterocycles. The van der Waals surface area contributed by atoms with Crippen molar-refractivity contribution >= 4 is 30.0 Å². The normalized spacial score (nSPS) is 11.6. The molecule has 1 N–H and O–H groups in total. The summed E-state index contributed by atoms with van der Waals surface area (Å²) < 4.78 is 4.69. The van der Waals surface area contributed by atoms with E-state index in [4.69, 9.17) is 16.3 Å². The first kappa shape index (κ1) is 13.2. The minimum absolute atomic E-state index is 0. The van der Waals surface area contributed by atoms with Gasteiger partial charge in [0.25, 0.3) is 5.82 Å². The van der Waals surface area contributed by atoms with E-state index in [9.17, 15) is 4.79 Å². The van der Waals surface area contributed by atoms with Gasteiger partial charge in [-0.2, -0.15) is 0 Å². The Labute approximate surface area is 92.6 Å². The molecular weight excluding hydrogens is 229 g/mol. The van der Waals surface area contributed by atoms with Gasteiger partial charge in [-0.15, -0.1) is 29.1 Å². The molecule has 0 spiro atoms. The van der Waals surface area contributed by atoms with Crippen molar-refractivity contribution in [2.24, 2.45) is 0 Å². The van der Waals surface area contributed by atoms with Crippen LogP contribution in [0.3, 0.4) is 0 Å². The Morgan fingerprint density at radius 3 is 2.79 bits per heavy atom. The number of H-pyrrole nitrogens is 1. The predicted molar refractivity (Wildman–Crippen MR) is 53.9 cm³/mol. The summed E-state index contributed by atoms with van der Waals surface area (Å²) in [7, 11) is 0. The maximum atomic E-state index is 11.1. The van der Waals surface area contributed by atoms with Crippen molar-refractivity contribution in [2.45, 2.75) is 19.2 Å². The minimum atomic E-state index is -0.540. The summed E-state index contributed by atoms with van der Waals surface area (Å²) in [5, 5.41) is 5.92. The molecule has 1 aromatic rings. The predicted octanol–water partition coefficient (Wildman–Crippen LogP) is 1.70. The number of halogens is 2. The van der Waals surface area contributed by atoms with Crippen LogP contribution in [0, 0.1) is 0 Å². The standard InChI is InChI=1S/C7H10ClN3O2.ClH/c1-3-13-7(12)6-9-5(4(2)8)10-11-6;/h4H,3H2,1-2H3,(H,9,10,11);1H. The number of rotatable bonds is 3. The van der Waals surface area contributed by atoms with Crippen molar-refractivity contribution in [3.63, 3.8) is 0 Å². The molecule has 0 bridgehead atoms. The first-order chi connectivity index (χ1) is 6.15. The third-order valence-electron chi connectivity index (χ3n) is 1.34. The summed E-state index contributed by atoms with van der Waals surface area (Å²) in [4.78, 5) is 14.9. The quantitative estimate of drug-likeness (QED) is 0.644. The maximum absolute atomic E-state index is 11.1. The lowest BCUT2D eigenvalue weighted by molar-refractivity contribution is 0.0512. The molecule has 1 atom stereocenters. The van der Waals surface area contributed by atoms with Crippen LogP contribution in [0.4, 0.5) is 0 Å². The van der Waals surface area contributed by atoms with E-state index < -0.39 is 5.97 Å². The van der Waals surface area contributed by atoms with Crippen LogP contribution in [0.15, 0.2) is 0 Å². The van der Waals surface area contributed by atoms with Gasteiger partial charge in [0.1, 0.15) is 5.82 Å². The van der Waals surface area contributed by atoms with E-state index in [1.165, 1.54) is 0 Å². The van der Waals surface area contributed by atoms with Gasteiger partial charge in [-0.05, 0) is 13.8 Å². The van der Waals surface area contributed by atoms with Crippen LogP contribution in [0.25, 0.3) is 0 Å². The van der Waals surface area contributed by atoms with Crippen LogP contribution in [-0.4, -0.2) is 27.8 Å². The number of ether oxygens (including phenoxy) is 1. The van der Waals surface area contributed by atoms with Gasteiger partial charge in [0.05, 0.1) is 12.0 Å². The Morgan fingerprint density at radius 1 is 1.71 bits per heavy atom. The lowest BCUT2D eigenvalue weighted by Gasteiger charge is -1.95. The molecular formula is C7H11Cl2N3O2. The Balaban J connectivity index is 0.00000169. The molecule has 0 fully saturated rings. The van der Waals surface area contributed by atoms with Crippen molar-refractivity contribution in [1.82, 2.24) is 15.2 Å². The summed E-state index contributed by atoms with van der Waals surface area (Å²) in [6.07, 6.45) is 0. The van der Waals surface area contributed by atoms with Crippen molar-refractivity contribution in [3.8, 4) is 0 Å². The molecule has 0 saturated carbocycles. The van der Waals surface area contributed by atoms with Gasteiger partial charge < -0.3 is 4.74 Å². The number of nitrogens with one attached hydrogen (secondary N) is 1. The third-order valence-corrected chi connectivity index (χ3v) is 1.54. The smallest absolute Gasteiger partial charge is 0.378 e. The molecule has 5 nitrogen and oxygen atoms in total. The molecule has 0 radical (unpaired) electrons. The third kappa shape index (κ3) is 3.16. The van der Waals surface area contributed by atoms with Gasteiger partial charge in [0, 0.05) is 0 Å². The zero-order valence-electron chi connectivity index (χ0n) is 7.78. The van der Waals surface area contributed by atoms with Gasteiger partial charge >= 0.3 is 5.97 Å². The number of hydrogen-bond donors (Lipinski definition) is 1. The average Bonchev–Trinajstić information content (AvgIpc) is 2.52. The number of nitrogens with zero attached hydrogens (tertiary/aromatic N) is 2. The van der Waals surface area contributed by atoms with E-state index in [1.807, 2.05) is 0 Å². The molecule has 14 heavy (non-hydrogen) atoms. The van der Waals surface area contributed by atoms with Gasteiger partial charge in [-0.3, -0.25) is 5.10 Å². The second kappa shape index (κ2) is 5.82. The highest BCUT2D eigenvalue weighted by Gasteiger charge is 2.15. The van der Waals surface area contributed by atoms with E-state index in [-0.39, 0.29) is 23.6 Å².